The van der Waals surface area contributed by atoms with Crippen LogP contribution < -0.4 is 0 Å². The lowest BCUT2D eigenvalue weighted by atomic mass is 9.94. The van der Waals surface area contributed by atoms with Crippen LogP contribution in [0.15, 0.2) is 47.1 Å². The zero-order valence-corrected chi connectivity index (χ0v) is 16.6. The van der Waals surface area contributed by atoms with Gasteiger partial charge in [-0.05, 0) is 49.9 Å². The molecule has 6 nitrogen and oxygen atoms in total. The minimum atomic E-state index is -0.0165. The van der Waals surface area contributed by atoms with Gasteiger partial charge >= 0.3 is 0 Å². The van der Waals surface area contributed by atoms with Crippen molar-refractivity contribution in [2.24, 2.45) is 0 Å². The molecule has 3 aromatic rings. The summed E-state index contributed by atoms with van der Waals surface area (Å²) in [5, 5.41) is 5.48. The molecule has 2 aliphatic rings. The smallest absolute Gasteiger partial charge is 0.292 e. The number of benzene rings is 1. The second kappa shape index (κ2) is 7.95. The Balaban J connectivity index is 1.29. The van der Waals surface area contributed by atoms with Crippen molar-refractivity contribution in [3.63, 3.8) is 0 Å². The van der Waals surface area contributed by atoms with Gasteiger partial charge in [0.1, 0.15) is 0 Å². The van der Waals surface area contributed by atoms with Crippen LogP contribution in [0.1, 0.15) is 53.4 Å². The van der Waals surface area contributed by atoms with Crippen molar-refractivity contribution in [1.29, 1.82) is 0 Å². The van der Waals surface area contributed by atoms with E-state index in [2.05, 4.69) is 39.3 Å². The summed E-state index contributed by atoms with van der Waals surface area (Å²) in [6, 6.07) is 12.3. The van der Waals surface area contributed by atoms with Crippen molar-refractivity contribution in [1.82, 2.24) is 19.9 Å². The van der Waals surface area contributed by atoms with E-state index in [9.17, 15) is 4.79 Å². The summed E-state index contributed by atoms with van der Waals surface area (Å²) >= 11 is 0. The first-order valence-electron chi connectivity index (χ1n) is 10.6. The molecule has 2 aromatic heterocycles. The van der Waals surface area contributed by atoms with Crippen LogP contribution in [0, 0.1) is 0 Å². The predicted octanol–water partition coefficient (Wildman–Crippen LogP) is 3.84. The highest BCUT2D eigenvalue weighted by Crippen LogP contribution is 2.29. The first-order valence-corrected chi connectivity index (χ1v) is 10.6. The Labute approximate surface area is 170 Å². The molecule has 2 aliphatic heterocycles. The van der Waals surface area contributed by atoms with Gasteiger partial charge in [0.25, 0.3) is 5.91 Å². The highest BCUT2D eigenvalue weighted by atomic mass is 16.5. The highest BCUT2D eigenvalue weighted by molar-refractivity contribution is 5.91. The zero-order valence-electron chi connectivity index (χ0n) is 16.6. The van der Waals surface area contributed by atoms with E-state index >= 15 is 0 Å². The molecular formula is C23H26N4O2. The quantitative estimate of drug-likeness (QED) is 0.677. The number of hydrogen-bond acceptors (Lipinski definition) is 5. The minimum absolute atomic E-state index is 0.0165. The lowest BCUT2D eigenvalue weighted by molar-refractivity contribution is 0.0751. The van der Waals surface area contributed by atoms with Gasteiger partial charge in [0.15, 0.2) is 0 Å². The summed E-state index contributed by atoms with van der Waals surface area (Å²) in [5.74, 6) is 0.678. The van der Waals surface area contributed by atoms with Gasteiger partial charge in [0.05, 0.1) is 11.2 Å². The topological polar surface area (TPSA) is 62.5 Å². The molecule has 1 unspecified atom stereocenters. The molecule has 2 fully saturated rings. The molecule has 6 heteroatoms. The molecule has 0 aliphatic carbocycles. The standard InChI is InChI=1S/C23H26N4O2/c28-23(27-12-3-4-13-27)22-14-21(25-29-22)18-6-5-11-26(16-18)15-17-9-10-24-20-8-2-1-7-19(17)20/h1-2,7-10,14,18H,3-6,11-13,15-16H2. The van der Waals surface area contributed by atoms with Crippen molar-refractivity contribution in [2.75, 3.05) is 26.2 Å². The van der Waals surface area contributed by atoms with E-state index in [1.807, 2.05) is 23.2 Å². The van der Waals surface area contributed by atoms with E-state index in [4.69, 9.17) is 4.52 Å². The van der Waals surface area contributed by atoms with Gasteiger partial charge in [-0.25, -0.2) is 0 Å². The third-order valence-electron chi connectivity index (χ3n) is 6.19. The fourth-order valence-electron chi connectivity index (χ4n) is 4.63. The molecule has 1 amide bonds. The van der Waals surface area contributed by atoms with E-state index in [-0.39, 0.29) is 5.91 Å². The number of nitrogens with zero attached hydrogens (tertiary/aromatic N) is 4. The Bertz CT molecular complexity index is 1000. The third-order valence-corrected chi connectivity index (χ3v) is 6.19. The van der Waals surface area contributed by atoms with Crippen LogP contribution in [0.4, 0.5) is 0 Å². The summed E-state index contributed by atoms with van der Waals surface area (Å²) in [6.45, 7) is 4.56. The average molecular weight is 390 g/mol. The number of amides is 1. The SMILES string of the molecule is O=C(c1cc(C2CCCN(Cc3ccnc4ccccc34)C2)no1)N1CCCC1. The van der Waals surface area contributed by atoms with Crippen molar-refractivity contribution in [2.45, 2.75) is 38.1 Å². The number of fused-ring (bicyclic) bond motifs is 1. The van der Waals surface area contributed by atoms with Crippen LogP contribution in [0.3, 0.4) is 0 Å². The van der Waals surface area contributed by atoms with E-state index in [0.717, 1.165) is 69.6 Å². The fourth-order valence-corrected chi connectivity index (χ4v) is 4.63. The van der Waals surface area contributed by atoms with Crippen LogP contribution in [0.5, 0.6) is 0 Å². The number of carbonyl (C=O) groups excluding carboxylic acids is 1. The van der Waals surface area contributed by atoms with Crippen molar-refractivity contribution < 1.29 is 9.32 Å². The normalized spacial score (nSPS) is 20.4. The lowest BCUT2D eigenvalue weighted by Crippen LogP contribution is -2.34. The van der Waals surface area contributed by atoms with Gasteiger partial charge in [-0.3, -0.25) is 14.7 Å². The summed E-state index contributed by atoms with van der Waals surface area (Å²) in [7, 11) is 0. The number of carbonyl (C=O) groups is 1. The summed E-state index contributed by atoms with van der Waals surface area (Å²) in [4.78, 5) is 21.4. The van der Waals surface area contributed by atoms with Gasteiger partial charge in [0, 0.05) is 49.7 Å². The Morgan fingerprint density at radius 2 is 1.97 bits per heavy atom. The maximum absolute atomic E-state index is 12.5. The molecule has 0 bridgehead atoms. The number of pyridine rings is 1. The molecule has 150 valence electrons. The van der Waals surface area contributed by atoms with Gasteiger partial charge in [0.2, 0.25) is 5.76 Å². The molecule has 4 heterocycles. The third kappa shape index (κ3) is 3.77. The molecule has 5 rings (SSSR count). The highest BCUT2D eigenvalue weighted by Gasteiger charge is 2.28. The van der Waals surface area contributed by atoms with Crippen LogP contribution in [-0.2, 0) is 6.54 Å². The van der Waals surface area contributed by atoms with Crippen molar-refractivity contribution in [3.8, 4) is 0 Å². The average Bonchev–Trinajstić information content (AvgIpc) is 3.46. The van der Waals surface area contributed by atoms with Gasteiger partial charge < -0.3 is 9.42 Å². The molecule has 1 aromatic carbocycles. The zero-order chi connectivity index (χ0) is 19.6. The first kappa shape index (κ1) is 18.3. The van der Waals surface area contributed by atoms with Crippen molar-refractivity contribution in [3.05, 3.63) is 59.6 Å². The van der Waals surface area contributed by atoms with E-state index in [0.29, 0.717) is 11.7 Å². The second-order valence-corrected chi connectivity index (χ2v) is 8.18. The molecule has 29 heavy (non-hydrogen) atoms. The van der Waals surface area contributed by atoms with E-state index < -0.39 is 0 Å². The van der Waals surface area contributed by atoms with E-state index in [1.165, 1.54) is 10.9 Å². The minimum Gasteiger partial charge on any atom is -0.351 e. The predicted molar refractivity (Wildman–Crippen MR) is 111 cm³/mol. The second-order valence-electron chi connectivity index (χ2n) is 8.18. The Hall–Kier alpha value is -2.73. The molecule has 0 saturated carbocycles. The lowest BCUT2D eigenvalue weighted by Gasteiger charge is -2.32. The molecule has 0 N–H and O–H groups in total. The van der Waals surface area contributed by atoms with Crippen LogP contribution in [0.2, 0.25) is 0 Å². The fraction of sp³-hybridized carbons (Fsp3) is 0.435. The largest absolute Gasteiger partial charge is 0.351 e. The van der Waals surface area contributed by atoms with E-state index in [1.54, 1.807) is 0 Å². The summed E-state index contributed by atoms with van der Waals surface area (Å²) in [6.07, 6.45) is 6.25. The molecule has 2 saturated heterocycles. The Morgan fingerprint density at radius 1 is 1.10 bits per heavy atom. The Kier molecular flexibility index (Phi) is 5.02. The first-order chi connectivity index (χ1) is 14.3. The van der Waals surface area contributed by atoms with Crippen LogP contribution in [-0.4, -0.2) is 52.0 Å². The Morgan fingerprint density at radius 3 is 2.86 bits per heavy atom. The van der Waals surface area contributed by atoms with Gasteiger partial charge in [-0.15, -0.1) is 0 Å². The number of piperidine rings is 1. The molecule has 1 atom stereocenters. The maximum Gasteiger partial charge on any atom is 0.292 e. The summed E-state index contributed by atoms with van der Waals surface area (Å²) < 4.78 is 5.44. The number of rotatable bonds is 4. The van der Waals surface area contributed by atoms with Gasteiger partial charge in [-0.2, -0.15) is 0 Å². The molecule has 0 spiro atoms. The monoisotopic (exact) mass is 390 g/mol. The van der Waals surface area contributed by atoms with Gasteiger partial charge in [-0.1, -0.05) is 23.4 Å². The molecule has 0 radical (unpaired) electrons. The van der Waals surface area contributed by atoms with Crippen LogP contribution in [0.25, 0.3) is 10.9 Å². The van der Waals surface area contributed by atoms with Crippen molar-refractivity contribution >= 4 is 16.8 Å². The van der Waals surface area contributed by atoms with Crippen LogP contribution >= 0.6 is 0 Å². The number of hydrogen-bond donors (Lipinski definition) is 0. The summed E-state index contributed by atoms with van der Waals surface area (Å²) in [5.41, 5.74) is 3.26. The maximum atomic E-state index is 12.5. The molecular weight excluding hydrogens is 364 g/mol. The number of aromatic nitrogens is 2. The number of para-hydroxylation sites is 1. The number of likely N-dealkylation sites (tertiary alicyclic amines) is 2.